The minimum atomic E-state index is -0.865. The van der Waals surface area contributed by atoms with Crippen LogP contribution in [0.25, 0.3) is 4.96 Å². The van der Waals surface area contributed by atoms with Crippen LogP contribution in [-0.4, -0.2) is 14.5 Å². The summed E-state index contributed by atoms with van der Waals surface area (Å²) in [4.78, 5) is 5.25. The number of nitrogens with zero attached hydrogens (tertiary/aromatic N) is 2. The number of aliphatic hydroxyl groups is 1. The number of thiazole rings is 1. The zero-order valence-electron chi connectivity index (χ0n) is 9.45. The molecule has 2 heterocycles. The predicted molar refractivity (Wildman–Crippen MR) is 68.1 cm³/mol. The zero-order valence-corrected chi connectivity index (χ0v) is 10.3. The lowest BCUT2D eigenvalue weighted by atomic mass is 10.0. The van der Waals surface area contributed by atoms with Crippen molar-refractivity contribution in [1.29, 1.82) is 0 Å². The van der Waals surface area contributed by atoms with Crippen molar-refractivity contribution in [3.8, 4) is 0 Å². The summed E-state index contributed by atoms with van der Waals surface area (Å²) < 4.78 is 15.4. The molecule has 0 bridgehead atoms. The van der Waals surface area contributed by atoms with Gasteiger partial charge in [0.25, 0.3) is 0 Å². The van der Waals surface area contributed by atoms with Crippen LogP contribution >= 0.6 is 11.3 Å². The molecule has 2 aromatic heterocycles. The Balaban J connectivity index is 1.84. The van der Waals surface area contributed by atoms with Gasteiger partial charge in [0.2, 0.25) is 0 Å². The number of aromatic nitrogens is 2. The van der Waals surface area contributed by atoms with Gasteiger partial charge in [-0.1, -0.05) is 18.2 Å². The molecule has 0 spiro atoms. The number of halogens is 1. The van der Waals surface area contributed by atoms with Gasteiger partial charge in [-0.25, -0.2) is 9.37 Å². The van der Waals surface area contributed by atoms with Gasteiger partial charge < -0.3 is 5.11 Å². The monoisotopic (exact) mass is 262 g/mol. The van der Waals surface area contributed by atoms with E-state index in [0.29, 0.717) is 12.0 Å². The molecule has 0 saturated carbocycles. The fourth-order valence-electron chi connectivity index (χ4n) is 1.93. The number of aliphatic hydroxyl groups excluding tert-OH is 1. The minimum absolute atomic E-state index is 0.314. The molecule has 3 aromatic rings. The Bertz CT molecular complexity index is 648. The zero-order chi connectivity index (χ0) is 12.5. The van der Waals surface area contributed by atoms with Crippen molar-refractivity contribution in [3.05, 3.63) is 59.1 Å². The molecule has 5 heteroatoms. The first kappa shape index (κ1) is 11.4. The van der Waals surface area contributed by atoms with Crippen LogP contribution in [0.1, 0.15) is 17.4 Å². The summed E-state index contributed by atoms with van der Waals surface area (Å²) in [7, 11) is 0. The highest BCUT2D eigenvalue weighted by molar-refractivity contribution is 7.15. The smallest absolute Gasteiger partial charge is 0.193 e. The normalized spacial score (nSPS) is 13.0. The van der Waals surface area contributed by atoms with Crippen LogP contribution in [0.15, 0.2) is 42.0 Å². The minimum Gasteiger partial charge on any atom is -0.388 e. The maximum Gasteiger partial charge on any atom is 0.193 e. The molecule has 3 nitrogen and oxygen atoms in total. The molecule has 0 fully saturated rings. The molecular weight excluding hydrogens is 251 g/mol. The fraction of sp³-hybridized carbons (Fsp3) is 0.154. The highest BCUT2D eigenvalue weighted by Crippen LogP contribution is 2.21. The van der Waals surface area contributed by atoms with Gasteiger partial charge in [-0.05, 0) is 6.07 Å². The van der Waals surface area contributed by atoms with Crippen molar-refractivity contribution in [3.63, 3.8) is 0 Å². The van der Waals surface area contributed by atoms with Crippen LogP contribution in [-0.2, 0) is 6.42 Å². The standard InChI is InChI=1S/C13H11FN2OS/c14-11-4-2-1-3-10(11)12(17)7-9-8-16-5-6-18-13(16)15-9/h1-6,8,12,17H,7H2. The largest absolute Gasteiger partial charge is 0.388 e. The van der Waals surface area contributed by atoms with Crippen LogP contribution < -0.4 is 0 Å². The molecule has 92 valence electrons. The SMILES string of the molecule is OC(Cc1cn2ccsc2n1)c1ccccc1F. The molecule has 1 unspecified atom stereocenters. The second-order valence-electron chi connectivity index (χ2n) is 4.07. The Kier molecular flexibility index (Phi) is 2.85. The number of fused-ring (bicyclic) bond motifs is 1. The Labute approximate surface area is 107 Å². The van der Waals surface area contributed by atoms with Crippen molar-refractivity contribution in [2.75, 3.05) is 0 Å². The third kappa shape index (κ3) is 2.02. The van der Waals surface area contributed by atoms with Crippen LogP contribution in [0.2, 0.25) is 0 Å². The highest BCUT2D eigenvalue weighted by Gasteiger charge is 2.14. The molecule has 0 radical (unpaired) electrons. The van der Waals surface area contributed by atoms with E-state index in [1.165, 1.54) is 17.4 Å². The van der Waals surface area contributed by atoms with E-state index in [4.69, 9.17) is 0 Å². The van der Waals surface area contributed by atoms with Gasteiger partial charge in [0, 0.05) is 29.8 Å². The van der Waals surface area contributed by atoms with E-state index in [-0.39, 0.29) is 5.82 Å². The molecule has 0 aliphatic heterocycles. The van der Waals surface area contributed by atoms with Gasteiger partial charge in [-0.2, -0.15) is 0 Å². The van der Waals surface area contributed by atoms with Gasteiger partial charge in [0.05, 0.1) is 11.8 Å². The van der Waals surface area contributed by atoms with Gasteiger partial charge in [0.15, 0.2) is 4.96 Å². The number of rotatable bonds is 3. The lowest BCUT2D eigenvalue weighted by Crippen LogP contribution is -2.04. The van der Waals surface area contributed by atoms with Crippen molar-refractivity contribution in [2.24, 2.45) is 0 Å². The third-order valence-corrected chi connectivity index (χ3v) is 3.58. The van der Waals surface area contributed by atoms with Gasteiger partial charge in [-0.15, -0.1) is 11.3 Å². The molecule has 1 N–H and O–H groups in total. The quantitative estimate of drug-likeness (QED) is 0.788. The lowest BCUT2D eigenvalue weighted by Gasteiger charge is -2.09. The Morgan fingerprint density at radius 2 is 2.22 bits per heavy atom. The van der Waals surface area contributed by atoms with E-state index in [0.717, 1.165) is 10.7 Å². The molecule has 18 heavy (non-hydrogen) atoms. The van der Waals surface area contributed by atoms with Gasteiger partial charge in [-0.3, -0.25) is 4.40 Å². The highest BCUT2D eigenvalue weighted by atomic mass is 32.1. The third-order valence-electron chi connectivity index (χ3n) is 2.81. The second-order valence-corrected chi connectivity index (χ2v) is 4.94. The summed E-state index contributed by atoms with van der Waals surface area (Å²) in [5.74, 6) is -0.383. The average molecular weight is 262 g/mol. The van der Waals surface area contributed by atoms with Crippen LogP contribution in [0.4, 0.5) is 4.39 Å². The molecule has 3 rings (SSSR count). The lowest BCUT2D eigenvalue weighted by molar-refractivity contribution is 0.172. The van der Waals surface area contributed by atoms with Crippen LogP contribution in [0, 0.1) is 5.82 Å². The molecule has 1 aromatic carbocycles. The maximum absolute atomic E-state index is 13.5. The summed E-state index contributed by atoms with van der Waals surface area (Å²) in [5.41, 5.74) is 1.08. The Morgan fingerprint density at radius 3 is 3.00 bits per heavy atom. The molecule has 0 amide bonds. The van der Waals surface area contributed by atoms with Crippen LogP contribution in [0.5, 0.6) is 0 Å². The topological polar surface area (TPSA) is 37.5 Å². The molecule has 0 aliphatic carbocycles. The van der Waals surface area contributed by atoms with Crippen molar-refractivity contribution in [1.82, 2.24) is 9.38 Å². The first-order valence-corrected chi connectivity index (χ1v) is 6.45. The summed E-state index contributed by atoms with van der Waals surface area (Å²) in [6, 6.07) is 6.27. The van der Waals surface area contributed by atoms with E-state index in [1.807, 2.05) is 22.2 Å². The first-order valence-electron chi connectivity index (χ1n) is 5.57. The maximum atomic E-state index is 13.5. The van der Waals surface area contributed by atoms with Gasteiger partial charge in [0.1, 0.15) is 5.82 Å². The predicted octanol–water partition coefficient (Wildman–Crippen LogP) is 2.81. The van der Waals surface area contributed by atoms with Crippen molar-refractivity contribution in [2.45, 2.75) is 12.5 Å². The van der Waals surface area contributed by atoms with Crippen molar-refractivity contribution < 1.29 is 9.50 Å². The van der Waals surface area contributed by atoms with E-state index in [9.17, 15) is 9.50 Å². The summed E-state index contributed by atoms with van der Waals surface area (Å²) in [5, 5.41) is 12.0. The molecule has 1 atom stereocenters. The second kappa shape index (κ2) is 4.51. The Morgan fingerprint density at radius 1 is 1.39 bits per heavy atom. The first-order chi connectivity index (χ1) is 8.74. The fourth-order valence-corrected chi connectivity index (χ4v) is 2.65. The van der Waals surface area contributed by atoms with Crippen molar-refractivity contribution >= 4 is 16.3 Å². The number of hydrogen-bond acceptors (Lipinski definition) is 3. The average Bonchev–Trinajstić information content (AvgIpc) is 2.90. The van der Waals surface area contributed by atoms with Crippen LogP contribution in [0.3, 0.4) is 0 Å². The summed E-state index contributed by atoms with van der Waals surface area (Å²) >= 11 is 1.53. The van der Waals surface area contributed by atoms with Gasteiger partial charge >= 0.3 is 0 Å². The Hall–Kier alpha value is -1.72. The molecule has 0 aliphatic rings. The summed E-state index contributed by atoms with van der Waals surface area (Å²) in [6.45, 7) is 0. The van der Waals surface area contributed by atoms with E-state index < -0.39 is 6.10 Å². The number of benzene rings is 1. The number of imidazole rings is 1. The van der Waals surface area contributed by atoms with E-state index in [2.05, 4.69) is 4.98 Å². The number of hydrogen-bond donors (Lipinski definition) is 1. The molecule has 0 saturated heterocycles. The van der Waals surface area contributed by atoms with E-state index in [1.54, 1.807) is 18.2 Å². The summed E-state index contributed by atoms with van der Waals surface area (Å²) in [6.07, 6.45) is 3.22. The van der Waals surface area contributed by atoms with E-state index >= 15 is 0 Å². The molecular formula is C13H11FN2OS.